The average molecular weight is 261 g/mol. The Morgan fingerprint density at radius 1 is 1.44 bits per heavy atom. The second-order valence-electron chi connectivity index (χ2n) is 4.23. The van der Waals surface area contributed by atoms with Crippen molar-refractivity contribution in [3.05, 3.63) is 0 Å². The van der Waals surface area contributed by atoms with Crippen LogP contribution in [0.25, 0.3) is 0 Å². The van der Waals surface area contributed by atoms with Gasteiger partial charge in [0.1, 0.15) is 0 Å². The zero-order chi connectivity index (χ0) is 11.7. The topological polar surface area (TPSA) is 32.3 Å². The lowest BCUT2D eigenvalue weighted by atomic mass is 9.83. The van der Waals surface area contributed by atoms with Crippen LogP contribution in [0.15, 0.2) is 0 Å². The molecule has 1 saturated heterocycles. The monoisotopic (exact) mass is 260 g/mol. The van der Waals surface area contributed by atoms with E-state index < -0.39 is 12.1 Å². The zero-order valence-corrected chi connectivity index (χ0v) is 10.0. The maximum atomic E-state index is 12.2. The molecule has 0 aliphatic carbocycles. The van der Waals surface area contributed by atoms with Crippen molar-refractivity contribution in [3.63, 3.8) is 0 Å². The summed E-state index contributed by atoms with van der Waals surface area (Å²) in [6, 6.07) is 0. The molecule has 96 valence electrons. The van der Waals surface area contributed by atoms with E-state index in [1.807, 2.05) is 6.92 Å². The van der Waals surface area contributed by atoms with Crippen molar-refractivity contribution in [1.82, 2.24) is 10.2 Å². The van der Waals surface area contributed by atoms with Crippen molar-refractivity contribution < 1.29 is 18.0 Å². The molecule has 0 spiro atoms. The average Bonchev–Trinajstić information content (AvgIpc) is 2.08. The number of rotatable bonds is 3. The Balaban J connectivity index is 0.00000225. The van der Waals surface area contributed by atoms with Crippen molar-refractivity contribution in [2.75, 3.05) is 26.2 Å². The number of amides is 1. The molecule has 1 fully saturated rings. The van der Waals surface area contributed by atoms with Gasteiger partial charge in [0.15, 0.2) is 0 Å². The van der Waals surface area contributed by atoms with Crippen LogP contribution in [0.2, 0.25) is 0 Å². The second-order valence-corrected chi connectivity index (χ2v) is 4.23. The van der Waals surface area contributed by atoms with Crippen LogP contribution in [0, 0.1) is 5.41 Å². The summed E-state index contributed by atoms with van der Waals surface area (Å²) in [5, 5.41) is 2.99. The van der Waals surface area contributed by atoms with Crippen molar-refractivity contribution >= 4 is 18.3 Å². The molecular formula is C9H16ClF3N2O. The minimum Gasteiger partial charge on any atom is -0.335 e. The molecular weight excluding hydrogens is 245 g/mol. The molecule has 1 heterocycles. The van der Waals surface area contributed by atoms with Gasteiger partial charge in [0.2, 0.25) is 0 Å². The molecule has 16 heavy (non-hydrogen) atoms. The summed E-state index contributed by atoms with van der Waals surface area (Å²) < 4.78 is 36.5. The number of hydrogen-bond donors (Lipinski definition) is 1. The SMILES string of the molecule is CCN(CC1(C)CNC1)C(=O)C(F)(F)F.Cl. The van der Waals surface area contributed by atoms with Crippen molar-refractivity contribution in [2.45, 2.75) is 20.0 Å². The summed E-state index contributed by atoms with van der Waals surface area (Å²) >= 11 is 0. The van der Waals surface area contributed by atoms with E-state index in [-0.39, 0.29) is 30.9 Å². The van der Waals surface area contributed by atoms with Gasteiger partial charge in [-0.3, -0.25) is 4.79 Å². The van der Waals surface area contributed by atoms with Gasteiger partial charge in [-0.25, -0.2) is 0 Å². The van der Waals surface area contributed by atoms with E-state index in [0.29, 0.717) is 13.1 Å². The molecule has 1 N–H and O–H groups in total. The fraction of sp³-hybridized carbons (Fsp3) is 0.889. The Hall–Kier alpha value is -0.490. The van der Waals surface area contributed by atoms with E-state index in [2.05, 4.69) is 5.32 Å². The first-order valence-electron chi connectivity index (χ1n) is 4.85. The highest BCUT2D eigenvalue weighted by Crippen LogP contribution is 2.25. The van der Waals surface area contributed by atoms with E-state index in [0.717, 1.165) is 4.90 Å². The highest BCUT2D eigenvalue weighted by atomic mass is 35.5. The molecule has 0 radical (unpaired) electrons. The normalized spacial score (nSPS) is 18.3. The standard InChI is InChI=1S/C9H15F3N2O.ClH/c1-3-14(7(15)9(10,11)12)6-8(2)4-13-5-8;/h13H,3-6H2,1-2H3;1H. The quantitative estimate of drug-likeness (QED) is 0.833. The first-order valence-corrected chi connectivity index (χ1v) is 4.85. The van der Waals surface area contributed by atoms with Crippen molar-refractivity contribution in [1.29, 1.82) is 0 Å². The summed E-state index contributed by atoms with van der Waals surface area (Å²) in [4.78, 5) is 11.9. The summed E-state index contributed by atoms with van der Waals surface area (Å²) in [7, 11) is 0. The number of nitrogens with one attached hydrogen (secondary N) is 1. The smallest absolute Gasteiger partial charge is 0.335 e. The molecule has 0 aromatic rings. The zero-order valence-electron chi connectivity index (χ0n) is 9.23. The third kappa shape index (κ3) is 3.52. The van der Waals surface area contributed by atoms with E-state index in [1.165, 1.54) is 0 Å². The van der Waals surface area contributed by atoms with Crippen LogP contribution in [0.3, 0.4) is 0 Å². The summed E-state index contributed by atoms with van der Waals surface area (Å²) in [5.41, 5.74) is -0.211. The van der Waals surface area contributed by atoms with Crippen LogP contribution >= 0.6 is 12.4 Å². The molecule has 7 heteroatoms. The van der Waals surface area contributed by atoms with E-state index in [9.17, 15) is 18.0 Å². The van der Waals surface area contributed by atoms with Gasteiger partial charge >= 0.3 is 12.1 Å². The number of nitrogens with zero attached hydrogens (tertiary/aromatic N) is 1. The van der Waals surface area contributed by atoms with Crippen molar-refractivity contribution in [2.24, 2.45) is 5.41 Å². The highest BCUT2D eigenvalue weighted by molar-refractivity contribution is 5.85. The van der Waals surface area contributed by atoms with Gasteiger partial charge in [0, 0.05) is 31.6 Å². The van der Waals surface area contributed by atoms with E-state index in [1.54, 1.807) is 6.92 Å². The lowest BCUT2D eigenvalue weighted by Crippen LogP contribution is -2.58. The number of hydrogen-bond acceptors (Lipinski definition) is 2. The highest BCUT2D eigenvalue weighted by Gasteiger charge is 2.44. The molecule has 0 saturated carbocycles. The Labute approximate surface area is 98.8 Å². The first-order chi connectivity index (χ1) is 6.78. The first kappa shape index (κ1) is 15.5. The summed E-state index contributed by atoms with van der Waals surface area (Å²) in [6.45, 7) is 5.00. The minimum absolute atomic E-state index is 0. The molecule has 0 atom stereocenters. The Bertz CT molecular complexity index is 254. The van der Waals surface area contributed by atoms with Gasteiger partial charge in [-0.2, -0.15) is 13.2 Å². The summed E-state index contributed by atoms with van der Waals surface area (Å²) in [5.74, 6) is -1.74. The predicted octanol–water partition coefficient (Wildman–Crippen LogP) is 1.43. The van der Waals surface area contributed by atoms with E-state index >= 15 is 0 Å². The molecule has 0 aromatic heterocycles. The fourth-order valence-electron chi connectivity index (χ4n) is 1.63. The van der Waals surface area contributed by atoms with E-state index in [4.69, 9.17) is 0 Å². The van der Waals surface area contributed by atoms with Crippen LogP contribution < -0.4 is 5.32 Å². The Kier molecular flexibility index (Phi) is 5.07. The maximum absolute atomic E-state index is 12.2. The van der Waals surface area contributed by atoms with Crippen molar-refractivity contribution in [3.8, 4) is 0 Å². The van der Waals surface area contributed by atoms with Gasteiger partial charge in [-0.1, -0.05) is 6.92 Å². The molecule has 0 aromatic carbocycles. The Morgan fingerprint density at radius 2 is 1.94 bits per heavy atom. The fourth-order valence-corrected chi connectivity index (χ4v) is 1.63. The predicted molar refractivity (Wildman–Crippen MR) is 56.5 cm³/mol. The minimum atomic E-state index is -4.76. The number of alkyl halides is 3. The van der Waals surface area contributed by atoms with Gasteiger partial charge in [-0.05, 0) is 6.92 Å². The maximum Gasteiger partial charge on any atom is 0.471 e. The van der Waals surface area contributed by atoms with Crippen LogP contribution in [-0.2, 0) is 4.79 Å². The van der Waals surface area contributed by atoms with Gasteiger partial charge in [0.05, 0.1) is 0 Å². The number of carbonyl (C=O) groups excluding carboxylic acids is 1. The molecule has 3 nitrogen and oxygen atoms in total. The van der Waals surface area contributed by atoms with Gasteiger partial charge in [-0.15, -0.1) is 12.4 Å². The van der Waals surface area contributed by atoms with Crippen LogP contribution in [-0.4, -0.2) is 43.2 Å². The molecule has 1 aliphatic heterocycles. The molecule has 1 amide bonds. The molecule has 0 bridgehead atoms. The van der Waals surface area contributed by atoms with Crippen LogP contribution in [0.5, 0.6) is 0 Å². The number of carbonyl (C=O) groups is 1. The molecule has 1 rings (SSSR count). The third-order valence-corrected chi connectivity index (χ3v) is 2.59. The van der Waals surface area contributed by atoms with Crippen LogP contribution in [0.4, 0.5) is 13.2 Å². The largest absolute Gasteiger partial charge is 0.471 e. The van der Waals surface area contributed by atoms with Gasteiger partial charge < -0.3 is 10.2 Å². The second kappa shape index (κ2) is 5.23. The van der Waals surface area contributed by atoms with Gasteiger partial charge in [0.25, 0.3) is 0 Å². The third-order valence-electron chi connectivity index (χ3n) is 2.59. The van der Waals surface area contributed by atoms with Crippen LogP contribution in [0.1, 0.15) is 13.8 Å². The summed E-state index contributed by atoms with van der Waals surface area (Å²) in [6.07, 6.45) is -4.76. The molecule has 1 aliphatic rings. The lowest BCUT2D eigenvalue weighted by molar-refractivity contribution is -0.187. The Morgan fingerprint density at radius 3 is 2.19 bits per heavy atom. The number of halogens is 4. The molecule has 0 unspecified atom stereocenters. The lowest BCUT2D eigenvalue weighted by Gasteiger charge is -2.42.